The van der Waals surface area contributed by atoms with Crippen LogP contribution in [-0.2, 0) is 4.79 Å². The molecule has 18 heavy (non-hydrogen) atoms. The Bertz CT molecular complexity index is 287. The lowest BCUT2D eigenvalue weighted by molar-refractivity contribution is -0.141. The lowest BCUT2D eigenvalue weighted by Crippen LogP contribution is -2.45. The summed E-state index contributed by atoms with van der Waals surface area (Å²) in [7, 11) is 0. The fourth-order valence-electron chi connectivity index (χ4n) is 2.78. The van der Waals surface area contributed by atoms with Crippen molar-refractivity contribution in [3.8, 4) is 0 Å². The number of carbonyl (C=O) groups is 1. The van der Waals surface area contributed by atoms with Crippen LogP contribution in [0.4, 0.5) is 0 Å². The molecule has 1 heterocycles. The van der Waals surface area contributed by atoms with Crippen molar-refractivity contribution in [2.45, 2.75) is 61.3 Å². The molecule has 0 bridgehead atoms. The van der Waals surface area contributed by atoms with Gasteiger partial charge in [-0.1, -0.05) is 48.5 Å². The minimum atomic E-state index is -0.234. The highest BCUT2D eigenvalue weighted by Gasteiger charge is 2.34. The van der Waals surface area contributed by atoms with Crippen LogP contribution in [0.3, 0.4) is 0 Å². The zero-order valence-electron chi connectivity index (χ0n) is 13.3. The van der Waals surface area contributed by atoms with E-state index in [2.05, 4.69) is 32.6 Å². The Kier molecular flexibility index (Phi) is 4.51. The van der Waals surface area contributed by atoms with Gasteiger partial charge in [-0.15, -0.1) is 0 Å². The summed E-state index contributed by atoms with van der Waals surface area (Å²) >= 11 is 0. The van der Waals surface area contributed by atoms with Gasteiger partial charge in [-0.25, -0.2) is 0 Å². The van der Waals surface area contributed by atoms with Crippen LogP contribution in [0.5, 0.6) is 0 Å². The molecule has 0 saturated carbocycles. The van der Waals surface area contributed by atoms with Gasteiger partial charge in [-0.3, -0.25) is 4.79 Å². The van der Waals surface area contributed by atoms with Crippen LogP contribution in [-0.4, -0.2) is 23.9 Å². The van der Waals surface area contributed by atoms with E-state index in [-0.39, 0.29) is 5.41 Å². The molecule has 0 radical (unpaired) electrons. The molecule has 1 rings (SSSR count). The van der Waals surface area contributed by atoms with E-state index in [1.807, 2.05) is 20.8 Å². The molecule has 1 fully saturated rings. The van der Waals surface area contributed by atoms with E-state index in [1.54, 1.807) is 0 Å². The third-order valence-corrected chi connectivity index (χ3v) is 4.54. The average Bonchev–Trinajstić information content (AvgIpc) is 2.25. The van der Waals surface area contributed by atoms with Crippen molar-refractivity contribution in [1.82, 2.24) is 4.90 Å². The summed E-state index contributed by atoms with van der Waals surface area (Å²) in [5.41, 5.74) is 0.142. The first-order chi connectivity index (χ1) is 8.03. The number of hydrogen-bond acceptors (Lipinski definition) is 1. The van der Waals surface area contributed by atoms with Gasteiger partial charge in [-0.05, 0) is 30.1 Å². The maximum Gasteiger partial charge on any atom is 0.227 e. The van der Waals surface area contributed by atoms with Crippen molar-refractivity contribution in [2.24, 2.45) is 22.7 Å². The number of hydrogen-bond donors (Lipinski definition) is 0. The Morgan fingerprint density at radius 3 is 1.83 bits per heavy atom. The van der Waals surface area contributed by atoms with Gasteiger partial charge < -0.3 is 4.90 Å². The maximum absolute atomic E-state index is 12.2. The number of amides is 1. The van der Waals surface area contributed by atoms with Crippen LogP contribution in [0.1, 0.15) is 61.3 Å². The van der Waals surface area contributed by atoms with Gasteiger partial charge >= 0.3 is 0 Å². The second-order valence-corrected chi connectivity index (χ2v) is 8.03. The van der Waals surface area contributed by atoms with E-state index in [1.165, 1.54) is 12.8 Å². The van der Waals surface area contributed by atoms with Gasteiger partial charge in [0, 0.05) is 18.5 Å². The molecule has 1 aliphatic heterocycles. The summed E-state index contributed by atoms with van der Waals surface area (Å²) in [5, 5.41) is 0. The van der Waals surface area contributed by atoms with Crippen LogP contribution >= 0.6 is 0 Å². The maximum atomic E-state index is 12.2. The molecule has 0 aromatic carbocycles. The van der Waals surface area contributed by atoms with E-state index >= 15 is 0 Å². The largest absolute Gasteiger partial charge is 0.342 e. The number of carbonyl (C=O) groups excluding carboxylic acids is 1. The van der Waals surface area contributed by atoms with E-state index < -0.39 is 0 Å². The first-order valence-corrected chi connectivity index (χ1v) is 7.33. The Hall–Kier alpha value is -0.530. The summed E-state index contributed by atoms with van der Waals surface area (Å²) in [6.45, 7) is 17.3. The third-order valence-electron chi connectivity index (χ3n) is 4.54. The number of rotatable bonds is 1. The van der Waals surface area contributed by atoms with Gasteiger partial charge in [-0.2, -0.15) is 0 Å². The molecule has 0 aromatic heterocycles. The Morgan fingerprint density at radius 1 is 1.06 bits per heavy atom. The average molecular weight is 253 g/mol. The highest BCUT2D eigenvalue weighted by Crippen LogP contribution is 2.37. The summed E-state index contributed by atoms with van der Waals surface area (Å²) in [6.07, 6.45) is 2.33. The van der Waals surface area contributed by atoms with Gasteiger partial charge in [0.25, 0.3) is 0 Å². The van der Waals surface area contributed by atoms with E-state index in [0.29, 0.717) is 11.3 Å². The Morgan fingerprint density at radius 2 is 1.50 bits per heavy atom. The molecule has 0 spiro atoms. The standard InChI is InChI=1S/C16H31NO/c1-12(15(2,3)4)13-8-10-17(11-9-13)14(18)16(5,6)7/h12-13H,8-11H2,1-7H3/t12-/m1/s1. The molecule has 2 heteroatoms. The van der Waals surface area contributed by atoms with E-state index in [4.69, 9.17) is 0 Å². The SMILES string of the molecule is C[C@H](C1CCN(C(=O)C(C)(C)C)CC1)C(C)(C)C. The minimum absolute atomic E-state index is 0.234. The van der Waals surface area contributed by atoms with Crippen LogP contribution in [0, 0.1) is 22.7 Å². The molecule has 0 aromatic rings. The van der Waals surface area contributed by atoms with Crippen LogP contribution in [0.15, 0.2) is 0 Å². The van der Waals surface area contributed by atoms with Gasteiger partial charge in [0.05, 0.1) is 0 Å². The molecule has 1 atom stereocenters. The lowest BCUT2D eigenvalue weighted by Gasteiger charge is -2.41. The van der Waals surface area contributed by atoms with Crippen LogP contribution in [0.2, 0.25) is 0 Å². The van der Waals surface area contributed by atoms with Gasteiger partial charge in [0.15, 0.2) is 0 Å². The predicted octanol–water partition coefficient (Wildman–Crippen LogP) is 3.95. The molecule has 106 valence electrons. The predicted molar refractivity (Wildman–Crippen MR) is 77.4 cm³/mol. The quantitative estimate of drug-likeness (QED) is 0.693. The number of piperidine rings is 1. The molecular formula is C16H31NO. The molecule has 0 aliphatic carbocycles. The van der Waals surface area contributed by atoms with Gasteiger partial charge in [0.2, 0.25) is 5.91 Å². The molecule has 1 saturated heterocycles. The molecule has 0 N–H and O–H groups in total. The molecular weight excluding hydrogens is 222 g/mol. The molecule has 0 unspecified atom stereocenters. The fourth-order valence-corrected chi connectivity index (χ4v) is 2.78. The van der Waals surface area contributed by atoms with Crippen molar-refractivity contribution >= 4 is 5.91 Å². The van der Waals surface area contributed by atoms with Crippen molar-refractivity contribution in [1.29, 1.82) is 0 Å². The number of likely N-dealkylation sites (tertiary alicyclic amines) is 1. The minimum Gasteiger partial charge on any atom is -0.342 e. The first kappa shape index (κ1) is 15.5. The topological polar surface area (TPSA) is 20.3 Å². The van der Waals surface area contributed by atoms with E-state index in [9.17, 15) is 4.79 Å². The highest BCUT2D eigenvalue weighted by molar-refractivity contribution is 5.81. The molecule has 2 nitrogen and oxygen atoms in total. The van der Waals surface area contributed by atoms with Crippen LogP contribution in [0.25, 0.3) is 0 Å². The second kappa shape index (κ2) is 5.22. The molecule has 1 amide bonds. The molecule has 1 aliphatic rings. The summed E-state index contributed by atoms with van der Waals surface area (Å²) in [5.74, 6) is 1.81. The lowest BCUT2D eigenvalue weighted by atomic mass is 9.71. The third kappa shape index (κ3) is 3.73. The highest BCUT2D eigenvalue weighted by atomic mass is 16.2. The first-order valence-electron chi connectivity index (χ1n) is 7.33. The zero-order valence-corrected chi connectivity index (χ0v) is 13.3. The zero-order chi connectivity index (χ0) is 14.1. The van der Waals surface area contributed by atoms with Crippen molar-refractivity contribution in [3.63, 3.8) is 0 Å². The second-order valence-electron chi connectivity index (χ2n) is 8.03. The summed E-state index contributed by atoms with van der Waals surface area (Å²) in [6, 6.07) is 0. The summed E-state index contributed by atoms with van der Waals surface area (Å²) < 4.78 is 0. The van der Waals surface area contributed by atoms with Crippen molar-refractivity contribution < 1.29 is 4.79 Å². The van der Waals surface area contributed by atoms with Crippen molar-refractivity contribution in [3.05, 3.63) is 0 Å². The smallest absolute Gasteiger partial charge is 0.227 e. The Labute approximate surface area is 113 Å². The Balaban J connectivity index is 2.54. The normalized spacial score (nSPS) is 20.9. The monoisotopic (exact) mass is 253 g/mol. The van der Waals surface area contributed by atoms with E-state index in [0.717, 1.165) is 24.9 Å². The van der Waals surface area contributed by atoms with Crippen molar-refractivity contribution in [2.75, 3.05) is 13.1 Å². The fraction of sp³-hybridized carbons (Fsp3) is 0.938. The summed E-state index contributed by atoms with van der Waals surface area (Å²) in [4.78, 5) is 14.3. The number of nitrogens with zero attached hydrogens (tertiary/aromatic N) is 1. The van der Waals surface area contributed by atoms with Crippen LogP contribution < -0.4 is 0 Å². The van der Waals surface area contributed by atoms with Gasteiger partial charge in [0.1, 0.15) is 0 Å².